The standard InChI is InChI=1S/C19H13ClN4O2/c20-13-6-8-15-16(10-13)23-24(22-15)17-9-7-14(11-18(17)25)21-19(26)12-4-2-1-3-5-12/h1-11,25H,(H,21,26). The van der Waals surface area contributed by atoms with Gasteiger partial charge < -0.3 is 10.4 Å². The number of aromatic hydroxyl groups is 1. The smallest absolute Gasteiger partial charge is 0.255 e. The van der Waals surface area contributed by atoms with E-state index in [0.717, 1.165) is 0 Å². The topological polar surface area (TPSA) is 80.0 Å². The first kappa shape index (κ1) is 16.1. The molecule has 0 aliphatic heterocycles. The molecule has 1 aromatic heterocycles. The zero-order chi connectivity index (χ0) is 18.1. The number of aromatic nitrogens is 3. The largest absolute Gasteiger partial charge is 0.506 e. The number of phenols is 1. The molecule has 0 radical (unpaired) electrons. The van der Waals surface area contributed by atoms with Crippen LogP contribution < -0.4 is 5.32 Å². The summed E-state index contributed by atoms with van der Waals surface area (Å²) in [5.74, 6) is -0.308. The Kier molecular flexibility index (Phi) is 4.02. The van der Waals surface area contributed by atoms with Gasteiger partial charge in [0.15, 0.2) is 0 Å². The Labute approximate surface area is 153 Å². The second kappa shape index (κ2) is 6.50. The number of hydrogen-bond acceptors (Lipinski definition) is 4. The van der Waals surface area contributed by atoms with E-state index in [0.29, 0.717) is 33.0 Å². The molecular formula is C19H13ClN4O2. The lowest BCUT2D eigenvalue weighted by Crippen LogP contribution is -2.11. The quantitative estimate of drug-likeness (QED) is 0.575. The van der Waals surface area contributed by atoms with Gasteiger partial charge in [0.1, 0.15) is 22.5 Å². The summed E-state index contributed by atoms with van der Waals surface area (Å²) in [5, 5.41) is 22.3. The van der Waals surface area contributed by atoms with Gasteiger partial charge in [0, 0.05) is 22.3 Å². The van der Waals surface area contributed by atoms with Gasteiger partial charge in [-0.3, -0.25) is 4.79 Å². The molecule has 0 fully saturated rings. The van der Waals surface area contributed by atoms with Crippen LogP contribution in [0.2, 0.25) is 5.02 Å². The highest BCUT2D eigenvalue weighted by Crippen LogP contribution is 2.26. The Bertz CT molecular complexity index is 1110. The molecule has 4 aromatic rings. The fourth-order valence-corrected chi connectivity index (χ4v) is 2.72. The van der Waals surface area contributed by atoms with Crippen LogP contribution in [0.4, 0.5) is 5.69 Å². The van der Waals surface area contributed by atoms with Crippen LogP contribution in [0.1, 0.15) is 10.4 Å². The van der Waals surface area contributed by atoms with E-state index in [1.807, 2.05) is 6.07 Å². The maximum atomic E-state index is 12.2. The molecule has 0 atom stereocenters. The molecule has 1 amide bonds. The Morgan fingerprint density at radius 3 is 2.50 bits per heavy atom. The summed E-state index contributed by atoms with van der Waals surface area (Å²) < 4.78 is 0. The third-order valence-electron chi connectivity index (χ3n) is 3.83. The van der Waals surface area contributed by atoms with Crippen molar-refractivity contribution in [3.05, 3.63) is 77.3 Å². The highest BCUT2D eigenvalue weighted by atomic mass is 35.5. The van der Waals surface area contributed by atoms with Gasteiger partial charge in [-0.05, 0) is 42.5 Å². The monoisotopic (exact) mass is 364 g/mol. The second-order valence-electron chi connectivity index (χ2n) is 5.65. The van der Waals surface area contributed by atoms with E-state index in [1.165, 1.54) is 10.9 Å². The number of nitrogens with zero attached hydrogens (tertiary/aromatic N) is 3. The first-order chi connectivity index (χ1) is 12.6. The van der Waals surface area contributed by atoms with Crippen molar-refractivity contribution in [2.75, 3.05) is 5.32 Å². The molecule has 0 aliphatic rings. The summed E-state index contributed by atoms with van der Waals surface area (Å²) in [4.78, 5) is 13.5. The molecule has 0 aliphatic carbocycles. The number of halogens is 1. The zero-order valence-corrected chi connectivity index (χ0v) is 14.2. The van der Waals surface area contributed by atoms with Crippen molar-refractivity contribution in [3.63, 3.8) is 0 Å². The fraction of sp³-hybridized carbons (Fsp3) is 0. The fourth-order valence-electron chi connectivity index (χ4n) is 2.56. The molecule has 0 saturated heterocycles. The number of phenolic OH excluding ortho intramolecular Hbond substituents is 1. The van der Waals surface area contributed by atoms with Crippen LogP contribution in [-0.4, -0.2) is 26.0 Å². The van der Waals surface area contributed by atoms with E-state index in [1.54, 1.807) is 54.6 Å². The van der Waals surface area contributed by atoms with Crippen molar-refractivity contribution < 1.29 is 9.90 Å². The number of carbonyl (C=O) groups excluding carboxylic acids is 1. The Morgan fingerprint density at radius 2 is 1.73 bits per heavy atom. The van der Waals surface area contributed by atoms with E-state index in [9.17, 15) is 9.90 Å². The van der Waals surface area contributed by atoms with E-state index in [-0.39, 0.29) is 11.7 Å². The number of amides is 1. The zero-order valence-electron chi connectivity index (χ0n) is 13.4. The molecule has 26 heavy (non-hydrogen) atoms. The lowest BCUT2D eigenvalue weighted by atomic mass is 10.2. The number of carbonyl (C=O) groups is 1. The van der Waals surface area contributed by atoms with Crippen LogP contribution in [0.5, 0.6) is 5.75 Å². The number of hydrogen-bond donors (Lipinski definition) is 2. The van der Waals surface area contributed by atoms with E-state index < -0.39 is 0 Å². The van der Waals surface area contributed by atoms with Gasteiger partial charge in [-0.2, -0.15) is 0 Å². The van der Waals surface area contributed by atoms with Crippen molar-refractivity contribution in [3.8, 4) is 11.4 Å². The molecule has 128 valence electrons. The van der Waals surface area contributed by atoms with Crippen LogP contribution in [0.25, 0.3) is 16.7 Å². The number of anilines is 1. The molecule has 7 heteroatoms. The van der Waals surface area contributed by atoms with E-state index in [2.05, 4.69) is 15.5 Å². The summed E-state index contributed by atoms with van der Waals surface area (Å²) in [7, 11) is 0. The summed E-state index contributed by atoms with van der Waals surface area (Å²) in [6.07, 6.45) is 0. The number of benzene rings is 3. The number of nitrogens with one attached hydrogen (secondary N) is 1. The third-order valence-corrected chi connectivity index (χ3v) is 4.06. The van der Waals surface area contributed by atoms with Gasteiger partial charge in [-0.25, -0.2) is 0 Å². The van der Waals surface area contributed by atoms with Crippen molar-refractivity contribution in [2.24, 2.45) is 0 Å². The second-order valence-corrected chi connectivity index (χ2v) is 6.08. The van der Waals surface area contributed by atoms with E-state index >= 15 is 0 Å². The molecule has 2 N–H and O–H groups in total. The average Bonchev–Trinajstić information content (AvgIpc) is 3.05. The number of fused-ring (bicyclic) bond motifs is 1. The van der Waals surface area contributed by atoms with E-state index in [4.69, 9.17) is 11.6 Å². The molecule has 0 bridgehead atoms. The van der Waals surface area contributed by atoms with Crippen molar-refractivity contribution >= 4 is 34.2 Å². The SMILES string of the molecule is O=C(Nc1ccc(-n2nc3ccc(Cl)cc3n2)c(O)c1)c1ccccc1. The van der Waals surface area contributed by atoms with Crippen molar-refractivity contribution in [1.29, 1.82) is 0 Å². The normalized spacial score (nSPS) is 10.8. The minimum absolute atomic E-state index is 0.0535. The predicted molar refractivity (Wildman–Crippen MR) is 99.9 cm³/mol. The molecule has 1 heterocycles. The molecule has 4 rings (SSSR count). The average molecular weight is 365 g/mol. The molecular weight excluding hydrogens is 352 g/mol. The van der Waals surface area contributed by atoms with Crippen LogP contribution >= 0.6 is 11.6 Å². The summed E-state index contributed by atoms with van der Waals surface area (Å²) >= 11 is 5.96. The first-order valence-electron chi connectivity index (χ1n) is 7.82. The van der Waals surface area contributed by atoms with Crippen molar-refractivity contribution in [2.45, 2.75) is 0 Å². The Hall–Kier alpha value is -3.38. The summed E-state index contributed by atoms with van der Waals surface area (Å²) in [5.41, 5.74) is 2.69. The molecule has 0 spiro atoms. The highest BCUT2D eigenvalue weighted by Gasteiger charge is 2.11. The predicted octanol–water partition coefficient (Wildman–Crippen LogP) is 4.03. The molecule has 0 saturated carbocycles. The van der Waals surface area contributed by atoms with Crippen LogP contribution in [-0.2, 0) is 0 Å². The number of rotatable bonds is 3. The minimum Gasteiger partial charge on any atom is -0.506 e. The maximum absolute atomic E-state index is 12.2. The van der Waals surface area contributed by atoms with Gasteiger partial charge in [-0.1, -0.05) is 29.8 Å². The lowest BCUT2D eigenvalue weighted by Gasteiger charge is -2.08. The summed E-state index contributed by atoms with van der Waals surface area (Å²) in [6, 6.07) is 18.8. The third kappa shape index (κ3) is 3.10. The molecule has 0 unspecified atom stereocenters. The Balaban J connectivity index is 1.62. The van der Waals surface area contributed by atoms with Crippen molar-refractivity contribution in [1.82, 2.24) is 15.0 Å². The van der Waals surface area contributed by atoms with Crippen LogP contribution in [0.3, 0.4) is 0 Å². The highest BCUT2D eigenvalue weighted by molar-refractivity contribution is 6.31. The van der Waals surface area contributed by atoms with Gasteiger partial charge in [-0.15, -0.1) is 15.0 Å². The van der Waals surface area contributed by atoms with Gasteiger partial charge in [0.2, 0.25) is 0 Å². The minimum atomic E-state index is -0.254. The summed E-state index contributed by atoms with van der Waals surface area (Å²) in [6.45, 7) is 0. The van der Waals surface area contributed by atoms with Gasteiger partial charge in [0.25, 0.3) is 5.91 Å². The Morgan fingerprint density at radius 1 is 0.962 bits per heavy atom. The van der Waals surface area contributed by atoms with Crippen LogP contribution in [0, 0.1) is 0 Å². The van der Waals surface area contributed by atoms with Gasteiger partial charge >= 0.3 is 0 Å². The van der Waals surface area contributed by atoms with Crippen LogP contribution in [0.15, 0.2) is 66.7 Å². The maximum Gasteiger partial charge on any atom is 0.255 e. The molecule has 3 aromatic carbocycles. The molecule has 6 nitrogen and oxygen atoms in total. The first-order valence-corrected chi connectivity index (χ1v) is 8.20. The lowest BCUT2D eigenvalue weighted by molar-refractivity contribution is 0.102. The van der Waals surface area contributed by atoms with Gasteiger partial charge in [0.05, 0.1) is 0 Å².